The van der Waals surface area contributed by atoms with E-state index in [9.17, 15) is 4.79 Å². The maximum atomic E-state index is 12.1. The van der Waals surface area contributed by atoms with E-state index in [-0.39, 0.29) is 12.1 Å². The summed E-state index contributed by atoms with van der Waals surface area (Å²) in [6.07, 6.45) is 7.14. The van der Waals surface area contributed by atoms with Gasteiger partial charge in [0.1, 0.15) is 5.82 Å². The van der Waals surface area contributed by atoms with Gasteiger partial charge in [-0.05, 0) is 37.7 Å². The van der Waals surface area contributed by atoms with Crippen molar-refractivity contribution in [3.63, 3.8) is 0 Å². The van der Waals surface area contributed by atoms with Gasteiger partial charge < -0.3 is 20.3 Å². The van der Waals surface area contributed by atoms with Crippen LogP contribution in [0.4, 0.5) is 11.8 Å². The number of nitrogens with one attached hydrogen (secondary N) is 2. The highest BCUT2D eigenvalue weighted by molar-refractivity contribution is 5.79. The summed E-state index contributed by atoms with van der Waals surface area (Å²) < 4.78 is 5.96. The smallest absolute Gasteiger partial charge is 0.224 e. The van der Waals surface area contributed by atoms with Crippen LogP contribution in [-0.2, 0) is 9.53 Å². The third-order valence-electron chi connectivity index (χ3n) is 5.79. The van der Waals surface area contributed by atoms with Crippen molar-refractivity contribution in [2.45, 2.75) is 64.1 Å². The highest BCUT2D eigenvalue weighted by atomic mass is 16.5. The van der Waals surface area contributed by atoms with Crippen LogP contribution < -0.4 is 10.6 Å². The molecule has 0 aromatic carbocycles. The summed E-state index contributed by atoms with van der Waals surface area (Å²) in [5, 5.41) is 6.87. The molecular weight excluding hydrogens is 342 g/mol. The zero-order valence-electron chi connectivity index (χ0n) is 16.4. The molecule has 148 valence electrons. The lowest BCUT2D eigenvalue weighted by Crippen LogP contribution is -2.43. The minimum absolute atomic E-state index is 0.211. The molecule has 0 unspecified atom stereocenters. The maximum absolute atomic E-state index is 12.1. The number of hydrogen-bond acceptors (Lipinski definition) is 6. The summed E-state index contributed by atoms with van der Waals surface area (Å²) in [6.45, 7) is 6.84. The standard InChI is InChI=1S/C20H31N5O2/c1-13(2)19-16(4-3-9-27-19)23-17-7-8-21-20(24-17)22-11-14-10-18(26)25(12-14)15-5-6-15/h7-8,13-16,19H,3-6,9-12H2,1-2H3,(H2,21,22,23,24)/t14-,16+,19+/m1/s1. The van der Waals surface area contributed by atoms with Gasteiger partial charge in [0.2, 0.25) is 11.9 Å². The molecule has 7 heteroatoms. The van der Waals surface area contributed by atoms with Crippen molar-refractivity contribution >= 4 is 17.7 Å². The number of hydrogen-bond donors (Lipinski definition) is 2. The van der Waals surface area contributed by atoms with Crippen LogP contribution in [0.5, 0.6) is 0 Å². The van der Waals surface area contributed by atoms with E-state index in [1.165, 1.54) is 12.8 Å². The molecule has 7 nitrogen and oxygen atoms in total. The molecule has 3 aliphatic rings. The fourth-order valence-corrected chi connectivity index (χ4v) is 4.25. The van der Waals surface area contributed by atoms with E-state index in [0.29, 0.717) is 36.2 Å². The molecule has 0 bridgehead atoms. The second-order valence-corrected chi connectivity index (χ2v) is 8.47. The van der Waals surface area contributed by atoms with Crippen LogP contribution in [0.1, 0.15) is 46.0 Å². The van der Waals surface area contributed by atoms with Crippen molar-refractivity contribution < 1.29 is 9.53 Å². The van der Waals surface area contributed by atoms with Gasteiger partial charge in [-0.25, -0.2) is 4.98 Å². The molecule has 2 N–H and O–H groups in total. The number of carbonyl (C=O) groups is 1. The fraction of sp³-hybridized carbons (Fsp3) is 0.750. The molecular formula is C20H31N5O2. The Morgan fingerprint density at radius 1 is 1.33 bits per heavy atom. The van der Waals surface area contributed by atoms with Crippen LogP contribution in [0.15, 0.2) is 12.3 Å². The fourth-order valence-electron chi connectivity index (χ4n) is 4.25. The Hall–Kier alpha value is -1.89. The molecule has 1 aromatic rings. The van der Waals surface area contributed by atoms with Crippen molar-refractivity contribution in [3.05, 3.63) is 12.3 Å². The molecule has 1 saturated carbocycles. The zero-order chi connectivity index (χ0) is 18.8. The van der Waals surface area contributed by atoms with Crippen molar-refractivity contribution in [1.82, 2.24) is 14.9 Å². The van der Waals surface area contributed by atoms with Gasteiger partial charge in [-0.1, -0.05) is 13.8 Å². The van der Waals surface area contributed by atoms with E-state index in [0.717, 1.165) is 38.4 Å². The van der Waals surface area contributed by atoms with E-state index in [1.54, 1.807) is 6.20 Å². The molecule has 0 radical (unpaired) electrons. The quantitative estimate of drug-likeness (QED) is 0.765. The Morgan fingerprint density at radius 3 is 2.96 bits per heavy atom. The van der Waals surface area contributed by atoms with Gasteiger partial charge in [0, 0.05) is 44.3 Å². The first kappa shape index (κ1) is 18.5. The Labute approximate surface area is 161 Å². The Balaban J connectivity index is 1.31. The first-order valence-electron chi connectivity index (χ1n) is 10.3. The van der Waals surface area contributed by atoms with Crippen LogP contribution in [0.25, 0.3) is 0 Å². The summed E-state index contributed by atoms with van der Waals surface area (Å²) in [5.74, 6) is 2.57. The van der Waals surface area contributed by atoms with Crippen molar-refractivity contribution in [1.29, 1.82) is 0 Å². The largest absolute Gasteiger partial charge is 0.376 e. The minimum atomic E-state index is 0.211. The Kier molecular flexibility index (Phi) is 5.48. The lowest BCUT2D eigenvalue weighted by atomic mass is 9.94. The van der Waals surface area contributed by atoms with Crippen molar-refractivity contribution in [3.8, 4) is 0 Å². The van der Waals surface area contributed by atoms with Crippen molar-refractivity contribution in [2.75, 3.05) is 30.3 Å². The monoisotopic (exact) mass is 373 g/mol. The number of carbonyl (C=O) groups excluding carboxylic acids is 1. The molecule has 1 amide bonds. The average molecular weight is 374 g/mol. The zero-order valence-corrected chi connectivity index (χ0v) is 16.4. The van der Waals surface area contributed by atoms with E-state index in [1.807, 2.05) is 6.07 Å². The number of ether oxygens (including phenoxy) is 1. The van der Waals surface area contributed by atoms with Gasteiger partial charge in [-0.2, -0.15) is 4.98 Å². The summed E-state index contributed by atoms with van der Waals surface area (Å²) in [6, 6.07) is 2.70. The van der Waals surface area contributed by atoms with Gasteiger partial charge in [0.05, 0.1) is 12.1 Å². The maximum Gasteiger partial charge on any atom is 0.224 e. The normalized spacial score (nSPS) is 28.6. The molecule has 0 spiro atoms. The van der Waals surface area contributed by atoms with Gasteiger partial charge >= 0.3 is 0 Å². The number of rotatable bonds is 7. The van der Waals surface area contributed by atoms with Crippen LogP contribution in [-0.4, -0.2) is 58.7 Å². The molecule has 2 aliphatic heterocycles. The molecule has 27 heavy (non-hydrogen) atoms. The molecule has 1 aliphatic carbocycles. The SMILES string of the molecule is CC(C)[C@@H]1OCCC[C@@H]1Nc1ccnc(NC[C@H]2CC(=O)N(C3CC3)C2)n1. The summed E-state index contributed by atoms with van der Waals surface area (Å²) in [4.78, 5) is 23.1. The lowest BCUT2D eigenvalue weighted by Gasteiger charge is -2.35. The van der Waals surface area contributed by atoms with Crippen LogP contribution >= 0.6 is 0 Å². The number of nitrogens with zero attached hydrogens (tertiary/aromatic N) is 3. The van der Waals surface area contributed by atoms with Gasteiger partial charge in [0.25, 0.3) is 0 Å². The van der Waals surface area contributed by atoms with Gasteiger partial charge in [0.15, 0.2) is 0 Å². The van der Waals surface area contributed by atoms with Crippen LogP contribution in [0, 0.1) is 11.8 Å². The Morgan fingerprint density at radius 2 is 2.19 bits per heavy atom. The molecule has 1 aromatic heterocycles. The molecule has 3 atom stereocenters. The number of aromatic nitrogens is 2. The van der Waals surface area contributed by atoms with E-state index in [2.05, 4.69) is 39.3 Å². The van der Waals surface area contributed by atoms with Gasteiger partial charge in [-0.15, -0.1) is 0 Å². The van der Waals surface area contributed by atoms with Crippen LogP contribution in [0.2, 0.25) is 0 Å². The third kappa shape index (κ3) is 4.51. The van der Waals surface area contributed by atoms with Crippen LogP contribution in [0.3, 0.4) is 0 Å². The number of amides is 1. The predicted octanol–water partition coefficient (Wildman–Crippen LogP) is 2.51. The molecule has 3 fully saturated rings. The summed E-state index contributed by atoms with van der Waals surface area (Å²) >= 11 is 0. The second-order valence-electron chi connectivity index (χ2n) is 8.47. The minimum Gasteiger partial charge on any atom is -0.376 e. The van der Waals surface area contributed by atoms with Gasteiger partial charge in [-0.3, -0.25) is 4.79 Å². The molecule has 4 rings (SSSR count). The van der Waals surface area contributed by atoms with E-state index < -0.39 is 0 Å². The highest BCUT2D eigenvalue weighted by Crippen LogP contribution is 2.32. The number of anilines is 2. The average Bonchev–Trinajstić information content (AvgIpc) is 3.43. The third-order valence-corrected chi connectivity index (χ3v) is 5.79. The molecule has 3 heterocycles. The lowest BCUT2D eigenvalue weighted by molar-refractivity contribution is -0.128. The summed E-state index contributed by atoms with van der Waals surface area (Å²) in [7, 11) is 0. The molecule has 2 saturated heterocycles. The predicted molar refractivity (Wildman–Crippen MR) is 105 cm³/mol. The summed E-state index contributed by atoms with van der Waals surface area (Å²) in [5.41, 5.74) is 0. The van der Waals surface area contributed by atoms with Crippen molar-refractivity contribution in [2.24, 2.45) is 11.8 Å². The highest BCUT2D eigenvalue weighted by Gasteiger charge is 2.39. The first-order chi connectivity index (χ1) is 13.1. The number of likely N-dealkylation sites (tertiary alicyclic amines) is 1. The van der Waals surface area contributed by atoms with E-state index in [4.69, 9.17) is 4.74 Å². The second kappa shape index (κ2) is 8.00. The van der Waals surface area contributed by atoms with E-state index >= 15 is 0 Å². The topological polar surface area (TPSA) is 79.4 Å². The first-order valence-corrected chi connectivity index (χ1v) is 10.3. The Bertz CT molecular complexity index is 664.